The maximum absolute atomic E-state index is 5.78. The summed E-state index contributed by atoms with van der Waals surface area (Å²) in [6.45, 7) is 5.86. The third kappa shape index (κ3) is 3.01. The Labute approximate surface area is 192 Å². The van der Waals surface area contributed by atoms with Crippen molar-refractivity contribution in [3.63, 3.8) is 0 Å². The zero-order valence-electron chi connectivity index (χ0n) is 18.3. The Bertz CT molecular complexity index is 1660. The number of aromatic nitrogens is 2. The largest absolute Gasteiger partial charge is 0.465 e. The summed E-state index contributed by atoms with van der Waals surface area (Å²) in [6.07, 6.45) is 1.46. The summed E-state index contributed by atoms with van der Waals surface area (Å²) in [5.74, 6) is 1.57. The van der Waals surface area contributed by atoms with E-state index in [1.54, 1.807) is 0 Å². The Kier molecular flexibility index (Phi) is 4.48. The minimum absolute atomic E-state index is 0.727. The smallest absolute Gasteiger partial charge is 0.149 e. The normalized spacial score (nSPS) is 11.3. The first-order chi connectivity index (χ1) is 16.3. The summed E-state index contributed by atoms with van der Waals surface area (Å²) in [7, 11) is 0. The summed E-state index contributed by atoms with van der Waals surface area (Å²) in [6, 6.07) is 33.6. The standard InChI is InChI=1S/C30H22N2O/c1-3-33-27-15-9-8-14-26(27)30-31-28-24-12-6-4-10-22(24)23-11-5-7-13-25(23)29(28)32(30)21-18-16-20(2)17-19-21/h3-19H,1H2,2H3. The lowest BCUT2D eigenvalue weighted by molar-refractivity contribution is 0.485. The van der Waals surface area contributed by atoms with E-state index in [1.165, 1.54) is 28.0 Å². The molecule has 1 heterocycles. The van der Waals surface area contributed by atoms with Crippen LogP contribution in [0.25, 0.3) is 49.7 Å². The maximum atomic E-state index is 5.78. The van der Waals surface area contributed by atoms with Crippen LogP contribution in [0.15, 0.2) is 110 Å². The number of hydrogen-bond acceptors (Lipinski definition) is 2. The highest BCUT2D eigenvalue weighted by molar-refractivity contribution is 6.24. The Morgan fingerprint density at radius 2 is 1.33 bits per heavy atom. The molecule has 1 aromatic heterocycles. The SMILES string of the molecule is C=COc1ccccc1-c1nc2c3ccccc3c3ccccc3c2n1-c1ccc(C)cc1. The molecule has 0 aliphatic carbocycles. The second-order valence-electron chi connectivity index (χ2n) is 8.18. The predicted octanol–water partition coefficient (Wildman–Crippen LogP) is 7.83. The quantitative estimate of drug-likeness (QED) is 0.212. The van der Waals surface area contributed by atoms with Gasteiger partial charge in [-0.15, -0.1) is 0 Å². The lowest BCUT2D eigenvalue weighted by atomic mass is 10.00. The molecule has 0 N–H and O–H groups in total. The van der Waals surface area contributed by atoms with Crippen molar-refractivity contribution in [2.45, 2.75) is 6.92 Å². The molecule has 3 nitrogen and oxygen atoms in total. The molecule has 0 bridgehead atoms. The molecule has 6 aromatic rings. The summed E-state index contributed by atoms with van der Waals surface area (Å²) < 4.78 is 8.04. The molecular weight excluding hydrogens is 404 g/mol. The van der Waals surface area contributed by atoms with Crippen molar-refractivity contribution in [1.82, 2.24) is 9.55 Å². The number of ether oxygens (including phenoxy) is 1. The first-order valence-corrected chi connectivity index (χ1v) is 11.0. The van der Waals surface area contributed by atoms with Crippen molar-refractivity contribution in [3.05, 3.63) is 115 Å². The minimum Gasteiger partial charge on any atom is -0.465 e. The van der Waals surface area contributed by atoms with Gasteiger partial charge in [-0.1, -0.05) is 84.9 Å². The molecule has 0 amide bonds. The molecule has 33 heavy (non-hydrogen) atoms. The van der Waals surface area contributed by atoms with Crippen LogP contribution in [0, 0.1) is 6.92 Å². The third-order valence-corrected chi connectivity index (χ3v) is 6.16. The highest BCUT2D eigenvalue weighted by atomic mass is 16.5. The molecule has 0 atom stereocenters. The molecule has 5 aromatic carbocycles. The predicted molar refractivity (Wildman–Crippen MR) is 137 cm³/mol. The molecular formula is C30H22N2O. The average molecular weight is 427 g/mol. The van der Waals surface area contributed by atoms with Gasteiger partial charge >= 0.3 is 0 Å². The van der Waals surface area contributed by atoms with Gasteiger partial charge in [0.25, 0.3) is 0 Å². The fraction of sp³-hybridized carbons (Fsp3) is 0.0333. The molecule has 0 fully saturated rings. The molecule has 0 unspecified atom stereocenters. The van der Waals surface area contributed by atoms with Crippen molar-refractivity contribution in [3.8, 4) is 22.8 Å². The first kappa shape index (κ1) is 19.3. The molecule has 0 radical (unpaired) electrons. The Morgan fingerprint density at radius 1 is 0.727 bits per heavy atom. The number of aryl methyl sites for hydroxylation is 1. The van der Waals surface area contributed by atoms with Crippen LogP contribution in [0.5, 0.6) is 5.75 Å². The first-order valence-electron chi connectivity index (χ1n) is 11.0. The van der Waals surface area contributed by atoms with E-state index >= 15 is 0 Å². The van der Waals surface area contributed by atoms with E-state index in [-0.39, 0.29) is 0 Å². The number of fused-ring (bicyclic) bond motifs is 6. The monoisotopic (exact) mass is 426 g/mol. The van der Waals surface area contributed by atoms with Gasteiger partial charge in [-0.05, 0) is 42.0 Å². The second-order valence-corrected chi connectivity index (χ2v) is 8.18. The zero-order chi connectivity index (χ0) is 22.4. The van der Waals surface area contributed by atoms with Crippen molar-refractivity contribution in [1.29, 1.82) is 0 Å². The van der Waals surface area contributed by atoms with Gasteiger partial charge in [0.05, 0.1) is 22.9 Å². The molecule has 158 valence electrons. The lowest BCUT2D eigenvalue weighted by Crippen LogP contribution is -1.99. The van der Waals surface area contributed by atoms with Crippen molar-refractivity contribution in [2.75, 3.05) is 0 Å². The van der Waals surface area contributed by atoms with E-state index in [9.17, 15) is 0 Å². The minimum atomic E-state index is 0.727. The van der Waals surface area contributed by atoms with Crippen LogP contribution in [-0.2, 0) is 0 Å². The van der Waals surface area contributed by atoms with Gasteiger partial charge in [-0.2, -0.15) is 0 Å². The summed E-state index contributed by atoms with van der Waals surface area (Å²) in [5, 5.41) is 4.74. The summed E-state index contributed by atoms with van der Waals surface area (Å²) in [5.41, 5.74) is 5.27. The maximum Gasteiger partial charge on any atom is 0.149 e. The van der Waals surface area contributed by atoms with Gasteiger partial charge in [0.2, 0.25) is 0 Å². The number of imidazole rings is 1. The van der Waals surface area contributed by atoms with Gasteiger partial charge in [0, 0.05) is 16.5 Å². The van der Waals surface area contributed by atoms with Crippen molar-refractivity contribution in [2.24, 2.45) is 0 Å². The molecule has 3 heteroatoms. The number of hydrogen-bond donors (Lipinski definition) is 0. The zero-order valence-corrected chi connectivity index (χ0v) is 18.3. The molecule has 0 saturated heterocycles. The van der Waals surface area contributed by atoms with Gasteiger partial charge in [-0.25, -0.2) is 4.98 Å². The average Bonchev–Trinajstić information content (AvgIpc) is 3.26. The summed E-state index contributed by atoms with van der Waals surface area (Å²) in [4.78, 5) is 5.25. The Morgan fingerprint density at radius 3 is 2.06 bits per heavy atom. The van der Waals surface area contributed by atoms with E-state index in [4.69, 9.17) is 9.72 Å². The van der Waals surface area contributed by atoms with Crippen LogP contribution in [0.1, 0.15) is 5.56 Å². The Balaban J connectivity index is 1.85. The number of para-hydroxylation sites is 1. The van der Waals surface area contributed by atoms with E-state index in [0.717, 1.165) is 39.2 Å². The number of benzene rings is 5. The topological polar surface area (TPSA) is 27.1 Å². The van der Waals surface area contributed by atoms with Crippen LogP contribution in [0.4, 0.5) is 0 Å². The fourth-order valence-electron chi connectivity index (χ4n) is 4.68. The molecule has 0 saturated carbocycles. The fourth-order valence-corrected chi connectivity index (χ4v) is 4.68. The molecule has 6 rings (SSSR count). The van der Waals surface area contributed by atoms with Crippen LogP contribution in [0.2, 0.25) is 0 Å². The van der Waals surface area contributed by atoms with Crippen LogP contribution in [-0.4, -0.2) is 9.55 Å². The molecule has 0 spiro atoms. The van der Waals surface area contributed by atoms with Crippen LogP contribution >= 0.6 is 0 Å². The van der Waals surface area contributed by atoms with Gasteiger partial charge < -0.3 is 4.74 Å². The second kappa shape index (κ2) is 7.64. The van der Waals surface area contributed by atoms with Gasteiger partial charge in [0.1, 0.15) is 11.6 Å². The van der Waals surface area contributed by atoms with Crippen molar-refractivity contribution < 1.29 is 4.74 Å². The van der Waals surface area contributed by atoms with E-state index < -0.39 is 0 Å². The number of nitrogens with zero attached hydrogens (tertiary/aromatic N) is 2. The van der Waals surface area contributed by atoms with Crippen molar-refractivity contribution >= 4 is 32.6 Å². The van der Waals surface area contributed by atoms with E-state index in [1.807, 2.05) is 18.2 Å². The highest BCUT2D eigenvalue weighted by Gasteiger charge is 2.21. The number of rotatable bonds is 4. The van der Waals surface area contributed by atoms with Crippen LogP contribution < -0.4 is 4.74 Å². The third-order valence-electron chi connectivity index (χ3n) is 6.16. The van der Waals surface area contributed by atoms with Gasteiger partial charge in [0.15, 0.2) is 0 Å². The van der Waals surface area contributed by atoms with E-state index in [0.29, 0.717) is 0 Å². The molecule has 0 aliphatic rings. The summed E-state index contributed by atoms with van der Waals surface area (Å²) >= 11 is 0. The highest BCUT2D eigenvalue weighted by Crippen LogP contribution is 2.40. The Hall–Kier alpha value is -4.37. The lowest BCUT2D eigenvalue weighted by Gasteiger charge is -2.14. The molecule has 0 aliphatic heterocycles. The van der Waals surface area contributed by atoms with Gasteiger partial charge in [-0.3, -0.25) is 4.57 Å². The van der Waals surface area contributed by atoms with E-state index in [2.05, 4.69) is 96.9 Å². The van der Waals surface area contributed by atoms with Crippen LogP contribution in [0.3, 0.4) is 0 Å².